The molecule has 0 bridgehead atoms. The van der Waals surface area contributed by atoms with Crippen molar-refractivity contribution in [1.29, 1.82) is 0 Å². The molecule has 1 rings (SSSR count). The maximum absolute atomic E-state index is 11.9. The Balaban J connectivity index is 2.60. The fraction of sp³-hybridized carbons (Fsp3) is 0.625. The summed E-state index contributed by atoms with van der Waals surface area (Å²) in [5, 5.41) is 3.13. The lowest BCUT2D eigenvalue weighted by atomic mass is 10.2. The number of hydrogen-bond acceptors (Lipinski definition) is 4. The van der Waals surface area contributed by atoms with E-state index in [0.29, 0.717) is 0 Å². The van der Waals surface area contributed by atoms with E-state index in [1.54, 1.807) is 6.92 Å². The van der Waals surface area contributed by atoms with Crippen LogP contribution < -0.4 is 0 Å². The Morgan fingerprint density at radius 2 is 2.13 bits per heavy atom. The van der Waals surface area contributed by atoms with Crippen LogP contribution in [0.1, 0.15) is 25.1 Å². The first-order chi connectivity index (χ1) is 6.90. The van der Waals surface area contributed by atoms with Crippen molar-refractivity contribution in [2.75, 3.05) is 0 Å². The minimum atomic E-state index is -4.37. The number of carbonyl (C=O) groups is 1. The van der Waals surface area contributed by atoms with E-state index in [1.165, 1.54) is 0 Å². The molecule has 84 valence electrons. The molecule has 0 saturated carbocycles. The van der Waals surface area contributed by atoms with Crippen LogP contribution >= 0.6 is 0 Å². The van der Waals surface area contributed by atoms with E-state index in [2.05, 4.69) is 14.7 Å². The Morgan fingerprint density at radius 3 is 2.67 bits per heavy atom. The van der Waals surface area contributed by atoms with Crippen LogP contribution in [0.15, 0.2) is 4.52 Å². The number of ketones is 1. The van der Waals surface area contributed by atoms with Crippen LogP contribution in [0.25, 0.3) is 0 Å². The smallest absolute Gasteiger partial charge is 0.339 e. The van der Waals surface area contributed by atoms with Crippen molar-refractivity contribution in [2.24, 2.45) is 0 Å². The zero-order valence-electron chi connectivity index (χ0n) is 7.97. The van der Waals surface area contributed by atoms with Crippen molar-refractivity contribution in [3.05, 3.63) is 11.7 Å². The first-order valence-electron chi connectivity index (χ1n) is 4.30. The topological polar surface area (TPSA) is 56.0 Å². The minimum absolute atomic E-state index is 0.0684. The van der Waals surface area contributed by atoms with Gasteiger partial charge in [-0.1, -0.05) is 12.1 Å². The summed E-state index contributed by atoms with van der Waals surface area (Å²) in [6.45, 7) is 1.65. The number of aromatic nitrogens is 2. The summed E-state index contributed by atoms with van der Waals surface area (Å²) in [6.07, 6.45) is -5.43. The lowest BCUT2D eigenvalue weighted by Gasteiger charge is -1.99. The monoisotopic (exact) mass is 222 g/mol. The van der Waals surface area contributed by atoms with Crippen molar-refractivity contribution in [1.82, 2.24) is 10.1 Å². The summed E-state index contributed by atoms with van der Waals surface area (Å²) in [5.74, 6) is -0.667. The van der Waals surface area contributed by atoms with E-state index in [9.17, 15) is 18.0 Å². The summed E-state index contributed by atoms with van der Waals surface area (Å²) in [5.41, 5.74) is 0. The molecule has 0 radical (unpaired) electrons. The van der Waals surface area contributed by atoms with Crippen LogP contribution in [0.3, 0.4) is 0 Å². The van der Waals surface area contributed by atoms with E-state index in [0.717, 1.165) is 0 Å². The predicted octanol–water partition coefficient (Wildman–Crippen LogP) is 1.70. The Morgan fingerprint density at radius 1 is 1.47 bits per heavy atom. The summed E-state index contributed by atoms with van der Waals surface area (Å²) < 4.78 is 40.2. The van der Waals surface area contributed by atoms with Gasteiger partial charge in [-0.05, 0) is 0 Å². The van der Waals surface area contributed by atoms with Crippen molar-refractivity contribution >= 4 is 5.78 Å². The lowest BCUT2D eigenvalue weighted by molar-refractivity contribution is -0.128. The Labute approximate surface area is 83.5 Å². The Kier molecular flexibility index (Phi) is 3.43. The highest BCUT2D eigenvalue weighted by molar-refractivity contribution is 5.79. The quantitative estimate of drug-likeness (QED) is 0.777. The molecule has 0 fully saturated rings. The zero-order chi connectivity index (χ0) is 11.5. The van der Waals surface area contributed by atoms with Gasteiger partial charge in [0.05, 0.1) is 6.42 Å². The second-order valence-corrected chi connectivity index (χ2v) is 2.97. The molecule has 0 N–H and O–H groups in total. The summed E-state index contributed by atoms with van der Waals surface area (Å²) in [7, 11) is 0. The van der Waals surface area contributed by atoms with E-state index < -0.39 is 18.4 Å². The number of hydrogen-bond donors (Lipinski definition) is 0. The predicted molar refractivity (Wildman–Crippen MR) is 43.1 cm³/mol. The molecule has 0 unspecified atom stereocenters. The SMILES string of the molecule is CCC(=O)Cc1nc(CC(F)(F)F)no1. The van der Waals surface area contributed by atoms with E-state index in [-0.39, 0.29) is 24.5 Å². The number of carbonyl (C=O) groups excluding carboxylic acids is 1. The number of rotatable bonds is 4. The molecule has 0 saturated heterocycles. The van der Waals surface area contributed by atoms with Gasteiger partial charge >= 0.3 is 6.18 Å². The van der Waals surface area contributed by atoms with Crippen LogP contribution in [-0.4, -0.2) is 22.1 Å². The van der Waals surface area contributed by atoms with Gasteiger partial charge in [0.2, 0.25) is 5.89 Å². The average molecular weight is 222 g/mol. The minimum Gasteiger partial charge on any atom is -0.339 e. The molecule has 0 aliphatic carbocycles. The van der Waals surface area contributed by atoms with Crippen LogP contribution in [-0.2, 0) is 17.6 Å². The normalized spacial score (nSPS) is 11.7. The molecule has 1 heterocycles. The Hall–Kier alpha value is -1.40. The van der Waals surface area contributed by atoms with Gasteiger partial charge in [-0.25, -0.2) is 0 Å². The van der Waals surface area contributed by atoms with Crippen molar-refractivity contribution < 1.29 is 22.5 Å². The first-order valence-corrected chi connectivity index (χ1v) is 4.30. The van der Waals surface area contributed by atoms with Gasteiger partial charge in [-0.15, -0.1) is 0 Å². The molecule has 1 aromatic heterocycles. The highest BCUT2D eigenvalue weighted by Gasteiger charge is 2.30. The highest BCUT2D eigenvalue weighted by atomic mass is 19.4. The number of nitrogens with zero attached hydrogens (tertiary/aromatic N) is 2. The van der Waals surface area contributed by atoms with Crippen molar-refractivity contribution in [3.63, 3.8) is 0 Å². The van der Waals surface area contributed by atoms with E-state index >= 15 is 0 Å². The fourth-order valence-corrected chi connectivity index (χ4v) is 0.907. The highest BCUT2D eigenvalue weighted by Crippen LogP contribution is 2.19. The summed E-state index contributed by atoms with van der Waals surface area (Å²) >= 11 is 0. The summed E-state index contributed by atoms with van der Waals surface area (Å²) in [6, 6.07) is 0. The molecule has 0 aromatic carbocycles. The van der Waals surface area contributed by atoms with Crippen molar-refractivity contribution in [3.8, 4) is 0 Å². The first kappa shape index (κ1) is 11.7. The molecule has 0 spiro atoms. The number of alkyl halides is 3. The molecular formula is C8H9F3N2O2. The van der Waals surface area contributed by atoms with Gasteiger partial charge in [-0.2, -0.15) is 18.2 Å². The zero-order valence-corrected chi connectivity index (χ0v) is 7.97. The molecule has 0 aliphatic heterocycles. The second kappa shape index (κ2) is 4.41. The van der Waals surface area contributed by atoms with Crippen LogP contribution in [0.5, 0.6) is 0 Å². The largest absolute Gasteiger partial charge is 0.396 e. The van der Waals surface area contributed by atoms with Gasteiger partial charge in [0.1, 0.15) is 12.2 Å². The fourth-order valence-electron chi connectivity index (χ4n) is 0.907. The molecule has 0 amide bonds. The third-order valence-corrected chi connectivity index (χ3v) is 1.61. The third-order valence-electron chi connectivity index (χ3n) is 1.61. The van der Waals surface area contributed by atoms with Crippen LogP contribution in [0.4, 0.5) is 13.2 Å². The van der Waals surface area contributed by atoms with Gasteiger partial charge < -0.3 is 4.52 Å². The molecule has 1 aromatic rings. The molecule has 4 nitrogen and oxygen atoms in total. The van der Waals surface area contributed by atoms with Gasteiger partial charge in [0.15, 0.2) is 5.82 Å². The third kappa shape index (κ3) is 4.09. The molecule has 15 heavy (non-hydrogen) atoms. The maximum Gasteiger partial charge on any atom is 0.396 e. The molecule has 7 heteroatoms. The standard InChI is InChI=1S/C8H9F3N2O2/c1-2-5(14)3-7-12-6(13-15-7)4-8(9,10)11/h2-4H2,1H3. The van der Waals surface area contributed by atoms with E-state index in [1.807, 2.05) is 0 Å². The number of halogens is 3. The van der Waals surface area contributed by atoms with Gasteiger partial charge in [0, 0.05) is 6.42 Å². The van der Waals surface area contributed by atoms with Crippen LogP contribution in [0, 0.1) is 0 Å². The maximum atomic E-state index is 11.9. The Bertz CT molecular complexity index is 346. The number of Topliss-reactive ketones (excluding diaryl/α,β-unsaturated/α-hetero) is 1. The molecule has 0 atom stereocenters. The average Bonchev–Trinajstić information content (AvgIpc) is 2.49. The van der Waals surface area contributed by atoms with Crippen LogP contribution in [0.2, 0.25) is 0 Å². The molecular weight excluding hydrogens is 213 g/mol. The van der Waals surface area contributed by atoms with E-state index in [4.69, 9.17) is 0 Å². The van der Waals surface area contributed by atoms with Crippen molar-refractivity contribution in [2.45, 2.75) is 32.4 Å². The van der Waals surface area contributed by atoms with Gasteiger partial charge in [-0.3, -0.25) is 4.79 Å². The lowest BCUT2D eigenvalue weighted by Crippen LogP contribution is -2.12. The molecule has 0 aliphatic rings. The summed E-state index contributed by atoms with van der Waals surface area (Å²) in [4.78, 5) is 14.4. The van der Waals surface area contributed by atoms with Gasteiger partial charge in [0.25, 0.3) is 0 Å². The second-order valence-electron chi connectivity index (χ2n) is 2.97.